The van der Waals surface area contributed by atoms with Crippen molar-refractivity contribution in [2.45, 2.75) is 13.3 Å². The summed E-state index contributed by atoms with van der Waals surface area (Å²) in [6.07, 6.45) is 1.44. The monoisotopic (exact) mass is 267 g/mol. The summed E-state index contributed by atoms with van der Waals surface area (Å²) in [6, 6.07) is 8.43. The van der Waals surface area contributed by atoms with Gasteiger partial charge in [-0.1, -0.05) is 6.08 Å². The first-order valence-corrected chi connectivity index (χ1v) is 5.78. The van der Waals surface area contributed by atoms with E-state index in [0.717, 1.165) is 0 Å². The van der Waals surface area contributed by atoms with Gasteiger partial charge in [-0.05, 0) is 30.7 Å². The molecule has 5 heteroatoms. The van der Waals surface area contributed by atoms with Gasteiger partial charge in [-0.25, -0.2) is 0 Å². The Bertz CT molecular complexity index is 661. The zero-order valence-corrected chi connectivity index (χ0v) is 11.0. The molecule has 1 aromatic rings. The number of aliphatic hydroxyl groups is 1. The maximum Gasteiger partial charge on any atom is 0.269 e. The molecular weight excluding hydrogens is 254 g/mol. The van der Waals surface area contributed by atoms with Crippen LogP contribution < -0.4 is 5.32 Å². The number of nitrogens with zero attached hydrogens (tertiary/aromatic N) is 2. The Labute approximate surface area is 117 Å². The van der Waals surface area contributed by atoms with E-state index in [1.807, 2.05) is 6.07 Å². The fourth-order valence-corrected chi connectivity index (χ4v) is 1.55. The van der Waals surface area contributed by atoms with Crippen LogP contribution >= 0.6 is 0 Å². The molecule has 0 unspecified atom stereocenters. The number of nitriles is 2. The fourth-order valence-electron chi connectivity index (χ4n) is 1.55. The average molecular weight is 267 g/mol. The van der Waals surface area contributed by atoms with Crippen LogP contribution in [0, 0.1) is 29.6 Å². The van der Waals surface area contributed by atoms with E-state index in [1.54, 1.807) is 31.2 Å². The zero-order chi connectivity index (χ0) is 15.1. The lowest BCUT2D eigenvalue weighted by atomic mass is 10.1. The Morgan fingerprint density at radius 3 is 2.70 bits per heavy atom. The Kier molecular flexibility index (Phi) is 5.08. The first-order valence-electron chi connectivity index (χ1n) is 5.78. The number of rotatable bonds is 4. The van der Waals surface area contributed by atoms with Gasteiger partial charge in [0.2, 0.25) is 0 Å². The molecular formula is C15H13N3O2. The molecule has 0 aliphatic carbocycles. The standard InChI is InChI=1S/C15H13N3O2/c1-3-4-14(19)13(9-17)15(20)18-12-6-5-11(8-16)10(2)7-12/h3,5-7,19H,1,4H2,2H3,(H,18,20)/b14-13-. The minimum atomic E-state index is -0.698. The van der Waals surface area contributed by atoms with Crippen molar-refractivity contribution in [1.82, 2.24) is 0 Å². The normalized spacial score (nSPS) is 10.8. The molecule has 0 radical (unpaired) electrons. The highest BCUT2D eigenvalue weighted by atomic mass is 16.3. The van der Waals surface area contributed by atoms with Crippen molar-refractivity contribution in [2.24, 2.45) is 0 Å². The van der Waals surface area contributed by atoms with Crippen molar-refractivity contribution in [3.63, 3.8) is 0 Å². The molecule has 0 saturated carbocycles. The van der Waals surface area contributed by atoms with E-state index < -0.39 is 5.91 Å². The number of aryl methyl sites for hydroxylation is 1. The molecule has 2 N–H and O–H groups in total. The van der Waals surface area contributed by atoms with E-state index in [4.69, 9.17) is 10.5 Å². The molecule has 0 saturated heterocycles. The third kappa shape index (κ3) is 3.47. The minimum Gasteiger partial charge on any atom is -0.510 e. The number of aliphatic hydroxyl groups excluding tert-OH is 1. The lowest BCUT2D eigenvalue weighted by molar-refractivity contribution is -0.112. The van der Waals surface area contributed by atoms with Crippen molar-refractivity contribution < 1.29 is 9.90 Å². The Morgan fingerprint density at radius 2 is 2.20 bits per heavy atom. The van der Waals surface area contributed by atoms with Crippen LogP contribution in [0.15, 0.2) is 42.2 Å². The molecule has 1 aromatic carbocycles. The van der Waals surface area contributed by atoms with Crippen LogP contribution in [-0.2, 0) is 4.79 Å². The predicted octanol–water partition coefficient (Wildman–Crippen LogP) is 2.72. The second-order valence-corrected chi connectivity index (χ2v) is 4.02. The Hall–Kier alpha value is -3.05. The molecule has 1 amide bonds. The molecule has 0 atom stereocenters. The number of amides is 1. The average Bonchev–Trinajstić information content (AvgIpc) is 2.40. The molecule has 5 nitrogen and oxygen atoms in total. The van der Waals surface area contributed by atoms with E-state index in [1.165, 1.54) is 6.08 Å². The van der Waals surface area contributed by atoms with Crippen molar-refractivity contribution in [1.29, 1.82) is 10.5 Å². The van der Waals surface area contributed by atoms with Crippen molar-refractivity contribution in [3.8, 4) is 12.1 Å². The van der Waals surface area contributed by atoms with E-state index in [2.05, 4.69) is 11.9 Å². The summed E-state index contributed by atoms with van der Waals surface area (Å²) in [5.74, 6) is -1.03. The lowest BCUT2D eigenvalue weighted by Crippen LogP contribution is -2.15. The van der Waals surface area contributed by atoms with Crippen molar-refractivity contribution in [3.05, 3.63) is 53.3 Å². The van der Waals surface area contributed by atoms with Crippen molar-refractivity contribution in [2.75, 3.05) is 5.32 Å². The Balaban J connectivity index is 2.99. The van der Waals surface area contributed by atoms with Gasteiger partial charge in [0.1, 0.15) is 11.8 Å². The number of hydrogen-bond acceptors (Lipinski definition) is 4. The Morgan fingerprint density at radius 1 is 1.50 bits per heavy atom. The van der Waals surface area contributed by atoms with E-state index >= 15 is 0 Å². The number of hydrogen-bond donors (Lipinski definition) is 2. The molecule has 0 aliphatic heterocycles. The second-order valence-electron chi connectivity index (χ2n) is 4.02. The number of carbonyl (C=O) groups is 1. The SMILES string of the molecule is C=CC/C(O)=C(\C#N)C(=O)Nc1ccc(C#N)c(C)c1. The largest absolute Gasteiger partial charge is 0.510 e. The molecule has 0 heterocycles. The van der Waals surface area contributed by atoms with Gasteiger partial charge in [0.15, 0.2) is 5.57 Å². The molecule has 100 valence electrons. The van der Waals surface area contributed by atoms with Crippen LogP contribution in [0.3, 0.4) is 0 Å². The molecule has 0 aromatic heterocycles. The van der Waals surface area contributed by atoms with Crippen LogP contribution in [0.5, 0.6) is 0 Å². The minimum absolute atomic E-state index is 0.0444. The van der Waals surface area contributed by atoms with Crippen LogP contribution in [0.2, 0.25) is 0 Å². The fraction of sp³-hybridized carbons (Fsp3) is 0.133. The van der Waals surface area contributed by atoms with Gasteiger partial charge in [-0.3, -0.25) is 4.79 Å². The summed E-state index contributed by atoms with van der Waals surface area (Å²) >= 11 is 0. The van der Waals surface area contributed by atoms with Crippen molar-refractivity contribution >= 4 is 11.6 Å². The second kappa shape index (κ2) is 6.77. The van der Waals surface area contributed by atoms with Gasteiger partial charge in [-0.15, -0.1) is 6.58 Å². The van der Waals surface area contributed by atoms with Gasteiger partial charge >= 0.3 is 0 Å². The lowest BCUT2D eigenvalue weighted by Gasteiger charge is -2.07. The van der Waals surface area contributed by atoms with Crippen LogP contribution in [0.25, 0.3) is 0 Å². The highest BCUT2D eigenvalue weighted by Gasteiger charge is 2.14. The van der Waals surface area contributed by atoms with E-state index in [0.29, 0.717) is 16.8 Å². The highest BCUT2D eigenvalue weighted by Crippen LogP contribution is 2.16. The van der Waals surface area contributed by atoms with Crippen LogP contribution in [0.4, 0.5) is 5.69 Å². The number of allylic oxidation sites excluding steroid dienone is 1. The number of anilines is 1. The topological polar surface area (TPSA) is 96.9 Å². The van der Waals surface area contributed by atoms with Gasteiger partial charge < -0.3 is 10.4 Å². The predicted molar refractivity (Wildman–Crippen MR) is 74.6 cm³/mol. The van der Waals surface area contributed by atoms with E-state index in [9.17, 15) is 9.90 Å². The quantitative estimate of drug-likeness (QED) is 0.379. The third-order valence-corrected chi connectivity index (χ3v) is 2.57. The maximum absolute atomic E-state index is 11.9. The van der Waals surface area contributed by atoms with Crippen LogP contribution in [0.1, 0.15) is 17.5 Å². The van der Waals surface area contributed by atoms with Crippen LogP contribution in [-0.4, -0.2) is 11.0 Å². The number of benzene rings is 1. The summed E-state index contributed by atoms with van der Waals surface area (Å²) in [7, 11) is 0. The highest BCUT2D eigenvalue weighted by molar-refractivity contribution is 6.06. The number of carbonyl (C=O) groups excluding carboxylic acids is 1. The smallest absolute Gasteiger partial charge is 0.269 e. The summed E-state index contributed by atoms with van der Waals surface area (Å²) < 4.78 is 0. The molecule has 20 heavy (non-hydrogen) atoms. The molecule has 0 aliphatic rings. The number of nitrogens with one attached hydrogen (secondary N) is 1. The third-order valence-electron chi connectivity index (χ3n) is 2.57. The summed E-state index contributed by atoms with van der Waals surface area (Å²) in [5, 5.41) is 29.8. The summed E-state index contributed by atoms with van der Waals surface area (Å²) in [5.41, 5.74) is 1.31. The van der Waals surface area contributed by atoms with Gasteiger partial charge in [0, 0.05) is 12.1 Å². The molecule has 0 spiro atoms. The molecule has 0 fully saturated rings. The maximum atomic E-state index is 11.9. The first-order chi connectivity index (χ1) is 9.53. The van der Waals surface area contributed by atoms with Gasteiger partial charge in [0.25, 0.3) is 5.91 Å². The van der Waals surface area contributed by atoms with Gasteiger partial charge in [0.05, 0.1) is 11.6 Å². The van der Waals surface area contributed by atoms with Gasteiger partial charge in [-0.2, -0.15) is 10.5 Å². The van der Waals surface area contributed by atoms with E-state index in [-0.39, 0.29) is 17.8 Å². The summed E-state index contributed by atoms with van der Waals surface area (Å²) in [6.45, 7) is 5.17. The zero-order valence-electron chi connectivity index (χ0n) is 11.0. The molecule has 1 rings (SSSR count). The molecule has 0 bridgehead atoms. The summed E-state index contributed by atoms with van der Waals surface area (Å²) in [4.78, 5) is 11.9. The first kappa shape index (κ1) is 15.0.